The summed E-state index contributed by atoms with van der Waals surface area (Å²) in [7, 11) is 0. The van der Waals surface area contributed by atoms with Crippen LogP contribution in [0.15, 0.2) is 66.7 Å². The monoisotopic (exact) mass is 319 g/mol. The van der Waals surface area contributed by atoms with E-state index in [4.69, 9.17) is 10.5 Å². The van der Waals surface area contributed by atoms with E-state index < -0.39 is 0 Å². The minimum Gasteiger partial charge on any atom is -0.494 e. The molecule has 0 aliphatic rings. The third-order valence-electron chi connectivity index (χ3n) is 4.60. The van der Waals surface area contributed by atoms with Gasteiger partial charge in [0.2, 0.25) is 0 Å². The van der Waals surface area contributed by atoms with E-state index in [1.165, 1.54) is 21.9 Å². The van der Waals surface area contributed by atoms with Gasteiger partial charge in [0.15, 0.2) is 0 Å². The summed E-state index contributed by atoms with van der Waals surface area (Å²) >= 11 is 0. The van der Waals surface area contributed by atoms with Crippen LogP contribution in [0.25, 0.3) is 10.8 Å². The average molecular weight is 319 g/mol. The average Bonchev–Trinajstić information content (AvgIpc) is 2.62. The van der Waals surface area contributed by atoms with Crippen molar-refractivity contribution >= 4 is 10.8 Å². The Bertz CT molecular complexity index is 797. The van der Waals surface area contributed by atoms with Crippen molar-refractivity contribution < 1.29 is 4.74 Å². The van der Waals surface area contributed by atoms with Crippen molar-refractivity contribution in [3.63, 3.8) is 0 Å². The van der Waals surface area contributed by atoms with Gasteiger partial charge >= 0.3 is 0 Å². The van der Waals surface area contributed by atoms with E-state index in [9.17, 15) is 0 Å². The van der Waals surface area contributed by atoms with Crippen LogP contribution in [-0.2, 0) is 0 Å². The molecule has 0 saturated carbocycles. The SMILES string of the molecule is Cc1ccccc1C(CN)CCCOc1ccc2ccccc2c1. The lowest BCUT2D eigenvalue weighted by Gasteiger charge is -2.17. The molecule has 0 amide bonds. The highest BCUT2D eigenvalue weighted by atomic mass is 16.5. The smallest absolute Gasteiger partial charge is 0.119 e. The molecule has 0 saturated heterocycles. The van der Waals surface area contributed by atoms with Crippen molar-refractivity contribution in [2.75, 3.05) is 13.2 Å². The number of hydrogen-bond donors (Lipinski definition) is 1. The predicted molar refractivity (Wildman–Crippen MR) is 102 cm³/mol. The number of rotatable bonds is 7. The van der Waals surface area contributed by atoms with Crippen LogP contribution in [-0.4, -0.2) is 13.2 Å². The molecule has 0 fully saturated rings. The standard InChI is InChI=1S/C22H25NO/c1-17-7-2-5-11-22(17)20(16-23)10-6-14-24-21-13-12-18-8-3-4-9-19(18)15-21/h2-5,7-9,11-13,15,20H,6,10,14,16,23H2,1H3. The molecule has 124 valence electrons. The second-order valence-electron chi connectivity index (χ2n) is 6.29. The predicted octanol–water partition coefficient (Wildman–Crippen LogP) is 5.05. The third-order valence-corrected chi connectivity index (χ3v) is 4.60. The number of nitrogens with two attached hydrogens (primary N) is 1. The fourth-order valence-electron chi connectivity index (χ4n) is 3.22. The zero-order chi connectivity index (χ0) is 16.8. The molecule has 0 radical (unpaired) electrons. The first kappa shape index (κ1) is 16.5. The molecule has 2 nitrogen and oxygen atoms in total. The lowest BCUT2D eigenvalue weighted by molar-refractivity contribution is 0.302. The molecule has 2 N–H and O–H groups in total. The number of aryl methyl sites for hydroxylation is 1. The van der Waals surface area contributed by atoms with Crippen molar-refractivity contribution in [1.29, 1.82) is 0 Å². The molecule has 3 rings (SSSR count). The van der Waals surface area contributed by atoms with Crippen molar-refractivity contribution in [1.82, 2.24) is 0 Å². The maximum atomic E-state index is 5.99. The molecular formula is C22H25NO. The van der Waals surface area contributed by atoms with Gasteiger partial charge in [-0.1, -0.05) is 54.6 Å². The summed E-state index contributed by atoms with van der Waals surface area (Å²) in [5.41, 5.74) is 8.68. The van der Waals surface area contributed by atoms with Crippen LogP contribution < -0.4 is 10.5 Å². The van der Waals surface area contributed by atoms with Crippen LogP contribution in [0.2, 0.25) is 0 Å². The highest BCUT2D eigenvalue weighted by molar-refractivity contribution is 5.83. The van der Waals surface area contributed by atoms with E-state index >= 15 is 0 Å². The Balaban J connectivity index is 1.54. The summed E-state index contributed by atoms with van der Waals surface area (Å²) in [6, 6.07) is 23.1. The zero-order valence-electron chi connectivity index (χ0n) is 14.2. The Kier molecular flexibility index (Phi) is 5.50. The Morgan fingerprint density at radius 2 is 1.67 bits per heavy atom. The van der Waals surface area contributed by atoms with Gasteiger partial charge in [-0.3, -0.25) is 0 Å². The molecule has 0 heterocycles. The van der Waals surface area contributed by atoms with E-state index in [1.54, 1.807) is 0 Å². The molecular weight excluding hydrogens is 294 g/mol. The first-order chi connectivity index (χ1) is 11.8. The number of fused-ring (bicyclic) bond motifs is 1. The summed E-state index contributed by atoms with van der Waals surface area (Å²) < 4.78 is 5.93. The quantitative estimate of drug-likeness (QED) is 0.618. The number of hydrogen-bond acceptors (Lipinski definition) is 2. The van der Waals surface area contributed by atoms with Gasteiger partial charge in [0.1, 0.15) is 5.75 Å². The molecule has 3 aromatic rings. The largest absolute Gasteiger partial charge is 0.494 e. The maximum Gasteiger partial charge on any atom is 0.119 e. The second-order valence-corrected chi connectivity index (χ2v) is 6.29. The van der Waals surface area contributed by atoms with Crippen molar-refractivity contribution in [2.24, 2.45) is 5.73 Å². The first-order valence-electron chi connectivity index (χ1n) is 8.65. The molecule has 24 heavy (non-hydrogen) atoms. The Hall–Kier alpha value is -2.32. The van der Waals surface area contributed by atoms with E-state index in [2.05, 4.69) is 67.6 Å². The summed E-state index contributed by atoms with van der Waals surface area (Å²) in [6.45, 7) is 3.56. The minimum atomic E-state index is 0.409. The molecule has 1 atom stereocenters. The van der Waals surface area contributed by atoms with Gasteiger partial charge in [-0.25, -0.2) is 0 Å². The van der Waals surface area contributed by atoms with Crippen molar-refractivity contribution in [3.8, 4) is 5.75 Å². The highest BCUT2D eigenvalue weighted by Crippen LogP contribution is 2.24. The van der Waals surface area contributed by atoms with Crippen molar-refractivity contribution in [2.45, 2.75) is 25.7 Å². The maximum absolute atomic E-state index is 5.99. The van der Waals surface area contributed by atoms with Crippen LogP contribution in [0.3, 0.4) is 0 Å². The van der Waals surface area contributed by atoms with Gasteiger partial charge in [-0.15, -0.1) is 0 Å². The summed E-state index contributed by atoms with van der Waals surface area (Å²) in [5, 5.41) is 2.46. The minimum absolute atomic E-state index is 0.409. The fourth-order valence-corrected chi connectivity index (χ4v) is 3.22. The molecule has 3 aromatic carbocycles. The van der Waals surface area contributed by atoms with E-state index in [0.717, 1.165) is 25.2 Å². The van der Waals surface area contributed by atoms with Gasteiger partial charge in [0.05, 0.1) is 6.61 Å². The number of benzene rings is 3. The van der Waals surface area contributed by atoms with E-state index in [-0.39, 0.29) is 0 Å². The molecule has 0 aromatic heterocycles. The molecule has 0 aliphatic heterocycles. The number of ether oxygens (including phenoxy) is 1. The van der Waals surface area contributed by atoms with Crippen LogP contribution in [0, 0.1) is 6.92 Å². The van der Waals surface area contributed by atoms with Gasteiger partial charge in [0, 0.05) is 0 Å². The molecule has 1 unspecified atom stereocenters. The highest BCUT2D eigenvalue weighted by Gasteiger charge is 2.11. The van der Waals surface area contributed by atoms with Crippen LogP contribution in [0.1, 0.15) is 29.9 Å². The lowest BCUT2D eigenvalue weighted by atomic mass is 9.91. The summed E-state index contributed by atoms with van der Waals surface area (Å²) in [5.74, 6) is 1.35. The summed E-state index contributed by atoms with van der Waals surface area (Å²) in [6.07, 6.45) is 2.05. The van der Waals surface area contributed by atoms with E-state index in [0.29, 0.717) is 12.5 Å². The fraction of sp³-hybridized carbons (Fsp3) is 0.273. The van der Waals surface area contributed by atoms with Crippen molar-refractivity contribution in [3.05, 3.63) is 77.9 Å². The van der Waals surface area contributed by atoms with Crippen LogP contribution in [0.5, 0.6) is 5.75 Å². The van der Waals surface area contributed by atoms with Gasteiger partial charge < -0.3 is 10.5 Å². The van der Waals surface area contributed by atoms with Gasteiger partial charge in [-0.2, -0.15) is 0 Å². The van der Waals surface area contributed by atoms with Gasteiger partial charge in [0.25, 0.3) is 0 Å². The molecule has 2 heteroatoms. The van der Waals surface area contributed by atoms with Crippen LogP contribution >= 0.6 is 0 Å². The Morgan fingerprint density at radius 3 is 2.46 bits per heavy atom. The Labute approximate surface area is 144 Å². The van der Waals surface area contributed by atoms with Crippen LogP contribution in [0.4, 0.5) is 0 Å². The topological polar surface area (TPSA) is 35.2 Å². The first-order valence-corrected chi connectivity index (χ1v) is 8.65. The Morgan fingerprint density at radius 1 is 0.917 bits per heavy atom. The second kappa shape index (κ2) is 7.98. The molecule has 0 spiro atoms. The van der Waals surface area contributed by atoms with Gasteiger partial charge in [-0.05, 0) is 66.3 Å². The zero-order valence-corrected chi connectivity index (χ0v) is 14.2. The summed E-state index contributed by atoms with van der Waals surface area (Å²) in [4.78, 5) is 0. The van der Waals surface area contributed by atoms with E-state index in [1.807, 2.05) is 6.07 Å². The normalized spacial score (nSPS) is 12.2. The lowest BCUT2D eigenvalue weighted by Crippen LogP contribution is -2.14. The third kappa shape index (κ3) is 3.95. The molecule has 0 bridgehead atoms. The molecule has 0 aliphatic carbocycles.